The number of rotatable bonds is 5. The third-order valence-corrected chi connectivity index (χ3v) is 3.32. The number of nitro benzene ring substituents is 1. The highest BCUT2D eigenvalue weighted by Gasteiger charge is 2.24. The zero-order valence-electron chi connectivity index (χ0n) is 10.8. The smallest absolute Gasteiger partial charge is 0.285 e. The number of amides is 1. The van der Waals surface area contributed by atoms with Gasteiger partial charge in [-0.25, -0.2) is 8.78 Å². The van der Waals surface area contributed by atoms with Gasteiger partial charge in [-0.1, -0.05) is 13.8 Å². The van der Waals surface area contributed by atoms with E-state index >= 15 is 0 Å². The predicted molar refractivity (Wildman–Crippen MR) is 69.8 cm³/mol. The summed E-state index contributed by atoms with van der Waals surface area (Å²) in [6, 6.07) is 0.881. The van der Waals surface area contributed by atoms with E-state index in [9.17, 15) is 23.7 Å². The summed E-state index contributed by atoms with van der Waals surface area (Å²) in [5.74, 6) is -3.50. The Kier molecular flexibility index (Phi) is 5.38. The van der Waals surface area contributed by atoms with Crippen LogP contribution in [0.2, 0.25) is 0 Å². The highest BCUT2D eigenvalue weighted by atomic mass is 35.5. The van der Waals surface area contributed by atoms with E-state index in [1.807, 2.05) is 13.8 Å². The molecule has 1 aromatic rings. The molecule has 0 aliphatic heterocycles. The van der Waals surface area contributed by atoms with Crippen LogP contribution in [-0.2, 0) is 0 Å². The van der Waals surface area contributed by atoms with Crippen LogP contribution in [-0.4, -0.2) is 22.8 Å². The van der Waals surface area contributed by atoms with Crippen LogP contribution in [0.25, 0.3) is 0 Å². The fourth-order valence-electron chi connectivity index (χ4n) is 1.39. The van der Waals surface area contributed by atoms with Gasteiger partial charge in [-0.15, -0.1) is 11.6 Å². The second-order valence-corrected chi connectivity index (χ2v) is 5.07. The second kappa shape index (κ2) is 6.60. The van der Waals surface area contributed by atoms with Crippen molar-refractivity contribution in [1.29, 1.82) is 0 Å². The van der Waals surface area contributed by atoms with E-state index in [1.54, 1.807) is 0 Å². The summed E-state index contributed by atoms with van der Waals surface area (Å²) in [6.45, 7) is 3.74. The van der Waals surface area contributed by atoms with Crippen molar-refractivity contribution in [2.24, 2.45) is 5.92 Å². The lowest BCUT2D eigenvalue weighted by Gasteiger charge is -2.14. The number of nitrogens with zero attached hydrogens (tertiary/aromatic N) is 1. The van der Waals surface area contributed by atoms with E-state index in [0.29, 0.717) is 12.1 Å². The minimum atomic E-state index is -1.38. The van der Waals surface area contributed by atoms with Crippen LogP contribution in [0.1, 0.15) is 24.2 Å². The van der Waals surface area contributed by atoms with Crippen LogP contribution in [0.4, 0.5) is 14.5 Å². The summed E-state index contributed by atoms with van der Waals surface area (Å²) in [4.78, 5) is 21.6. The third kappa shape index (κ3) is 3.86. The molecule has 1 aromatic carbocycles. The van der Waals surface area contributed by atoms with Crippen molar-refractivity contribution in [3.63, 3.8) is 0 Å². The molecule has 1 amide bonds. The van der Waals surface area contributed by atoms with Gasteiger partial charge in [0.2, 0.25) is 0 Å². The van der Waals surface area contributed by atoms with Gasteiger partial charge >= 0.3 is 0 Å². The molecule has 0 fully saturated rings. The number of carbonyl (C=O) groups is 1. The first-order chi connectivity index (χ1) is 9.23. The molecule has 0 aliphatic rings. The number of nitro groups is 1. The molecule has 0 aromatic heterocycles. The summed E-state index contributed by atoms with van der Waals surface area (Å²) in [5.41, 5.74) is -1.33. The first-order valence-electron chi connectivity index (χ1n) is 5.79. The molecule has 1 atom stereocenters. The molecule has 0 aliphatic carbocycles. The van der Waals surface area contributed by atoms with E-state index < -0.39 is 33.7 Å². The monoisotopic (exact) mass is 306 g/mol. The Hall–Kier alpha value is -1.76. The van der Waals surface area contributed by atoms with E-state index in [2.05, 4.69) is 5.32 Å². The lowest BCUT2D eigenvalue weighted by molar-refractivity contribution is -0.385. The zero-order chi connectivity index (χ0) is 15.4. The van der Waals surface area contributed by atoms with Crippen LogP contribution in [0.5, 0.6) is 0 Å². The lowest BCUT2D eigenvalue weighted by Crippen LogP contribution is -2.32. The van der Waals surface area contributed by atoms with Crippen molar-refractivity contribution in [3.8, 4) is 0 Å². The summed E-state index contributed by atoms with van der Waals surface area (Å²) in [5, 5.41) is 12.7. The molecule has 0 saturated heterocycles. The van der Waals surface area contributed by atoms with E-state index in [4.69, 9.17) is 11.6 Å². The topological polar surface area (TPSA) is 72.2 Å². The molecule has 5 nitrogen and oxygen atoms in total. The number of alkyl halides is 1. The Balaban J connectivity index is 2.98. The summed E-state index contributed by atoms with van der Waals surface area (Å²) in [6.07, 6.45) is 0. The van der Waals surface area contributed by atoms with Crippen LogP contribution in [0, 0.1) is 27.7 Å². The maximum Gasteiger partial charge on any atom is 0.285 e. The molecule has 1 N–H and O–H groups in total. The van der Waals surface area contributed by atoms with Crippen LogP contribution < -0.4 is 5.32 Å². The second-order valence-electron chi connectivity index (χ2n) is 4.51. The quantitative estimate of drug-likeness (QED) is 0.516. The SMILES string of the molecule is CC(C)C(Cl)CNC(=O)c1cc(F)c(F)cc1[N+](=O)[O-]. The Labute approximate surface area is 119 Å². The van der Waals surface area contributed by atoms with Gasteiger partial charge in [0, 0.05) is 6.54 Å². The van der Waals surface area contributed by atoms with Crippen LogP contribution in [0.3, 0.4) is 0 Å². The van der Waals surface area contributed by atoms with Gasteiger partial charge < -0.3 is 5.32 Å². The van der Waals surface area contributed by atoms with Crippen LogP contribution >= 0.6 is 11.6 Å². The van der Waals surface area contributed by atoms with Crippen molar-refractivity contribution in [2.45, 2.75) is 19.2 Å². The highest BCUT2D eigenvalue weighted by Crippen LogP contribution is 2.22. The van der Waals surface area contributed by atoms with Gasteiger partial charge in [-0.3, -0.25) is 14.9 Å². The standard InChI is InChI=1S/C12H13ClF2N2O3/c1-6(2)8(13)5-16-12(18)7-3-9(14)10(15)4-11(7)17(19)20/h3-4,6,8H,5H2,1-2H3,(H,16,18). The minimum Gasteiger partial charge on any atom is -0.350 e. The van der Waals surface area contributed by atoms with E-state index in [0.717, 1.165) is 0 Å². The number of benzene rings is 1. The van der Waals surface area contributed by atoms with Crippen molar-refractivity contribution in [2.75, 3.05) is 6.54 Å². The van der Waals surface area contributed by atoms with Gasteiger partial charge in [-0.05, 0) is 12.0 Å². The summed E-state index contributed by atoms with van der Waals surface area (Å²) < 4.78 is 26.1. The first-order valence-corrected chi connectivity index (χ1v) is 6.23. The number of nitrogens with one attached hydrogen (secondary N) is 1. The highest BCUT2D eigenvalue weighted by molar-refractivity contribution is 6.21. The van der Waals surface area contributed by atoms with Gasteiger partial charge in [0.25, 0.3) is 11.6 Å². The molecule has 0 heterocycles. The number of carbonyl (C=O) groups excluding carboxylic acids is 1. The molecular weight excluding hydrogens is 294 g/mol. The summed E-state index contributed by atoms with van der Waals surface area (Å²) in [7, 11) is 0. The number of hydrogen-bond donors (Lipinski definition) is 1. The van der Waals surface area contributed by atoms with E-state index in [-0.39, 0.29) is 17.8 Å². The maximum atomic E-state index is 13.1. The largest absolute Gasteiger partial charge is 0.350 e. The zero-order valence-corrected chi connectivity index (χ0v) is 11.6. The molecule has 8 heteroatoms. The van der Waals surface area contributed by atoms with Gasteiger partial charge in [0.15, 0.2) is 11.6 Å². The fourth-order valence-corrected chi connectivity index (χ4v) is 1.47. The average Bonchev–Trinajstić information content (AvgIpc) is 2.37. The molecule has 0 saturated carbocycles. The molecule has 0 bridgehead atoms. The number of halogens is 3. The third-order valence-electron chi connectivity index (χ3n) is 2.66. The minimum absolute atomic E-state index is 0.0637. The molecule has 110 valence electrons. The van der Waals surface area contributed by atoms with Crippen molar-refractivity contribution >= 4 is 23.2 Å². The van der Waals surface area contributed by atoms with Crippen LogP contribution in [0.15, 0.2) is 12.1 Å². The van der Waals surface area contributed by atoms with Gasteiger partial charge in [-0.2, -0.15) is 0 Å². The number of hydrogen-bond acceptors (Lipinski definition) is 3. The molecule has 0 spiro atoms. The molecular formula is C12H13ClF2N2O3. The summed E-state index contributed by atoms with van der Waals surface area (Å²) >= 11 is 5.92. The Morgan fingerprint density at radius 1 is 1.40 bits per heavy atom. The average molecular weight is 307 g/mol. The Bertz CT molecular complexity index is 538. The Morgan fingerprint density at radius 3 is 2.45 bits per heavy atom. The van der Waals surface area contributed by atoms with Gasteiger partial charge in [0.1, 0.15) is 5.56 Å². The molecule has 1 rings (SSSR count). The molecule has 20 heavy (non-hydrogen) atoms. The fraction of sp³-hybridized carbons (Fsp3) is 0.417. The van der Waals surface area contributed by atoms with Crippen molar-refractivity contribution in [3.05, 3.63) is 39.4 Å². The maximum absolute atomic E-state index is 13.1. The molecule has 0 radical (unpaired) electrons. The van der Waals surface area contributed by atoms with Crippen molar-refractivity contribution < 1.29 is 18.5 Å². The van der Waals surface area contributed by atoms with Crippen molar-refractivity contribution in [1.82, 2.24) is 5.32 Å². The first kappa shape index (κ1) is 16.3. The normalized spacial score (nSPS) is 12.3. The lowest BCUT2D eigenvalue weighted by atomic mass is 10.1. The Morgan fingerprint density at radius 2 is 1.95 bits per heavy atom. The van der Waals surface area contributed by atoms with E-state index in [1.165, 1.54) is 0 Å². The predicted octanol–water partition coefficient (Wildman–Crippen LogP) is 2.87. The van der Waals surface area contributed by atoms with Gasteiger partial charge in [0.05, 0.1) is 16.4 Å². The molecule has 1 unspecified atom stereocenters.